The van der Waals surface area contributed by atoms with Crippen LogP contribution >= 0.6 is 0 Å². The molecular formula is C10H20O3S. The lowest BCUT2D eigenvalue weighted by Gasteiger charge is -1.96. The highest BCUT2D eigenvalue weighted by atomic mass is 32.2. The first-order valence-electron chi connectivity index (χ1n) is 5.05. The van der Waals surface area contributed by atoms with Gasteiger partial charge < -0.3 is 0 Å². The number of allylic oxidation sites excluding steroid dienone is 1. The highest BCUT2D eigenvalue weighted by Crippen LogP contribution is 2.00. The third-order valence-electron chi connectivity index (χ3n) is 1.72. The summed E-state index contributed by atoms with van der Waals surface area (Å²) in [5.74, 6) is 0. The van der Waals surface area contributed by atoms with E-state index in [-0.39, 0.29) is 6.61 Å². The Kier molecular flexibility index (Phi) is 7.80. The lowest BCUT2D eigenvalue weighted by atomic mass is 10.2. The van der Waals surface area contributed by atoms with Crippen LogP contribution in [0, 0.1) is 0 Å². The van der Waals surface area contributed by atoms with Gasteiger partial charge in [-0.05, 0) is 19.3 Å². The van der Waals surface area contributed by atoms with Crippen molar-refractivity contribution in [2.45, 2.75) is 39.0 Å². The van der Waals surface area contributed by atoms with Crippen molar-refractivity contribution in [2.24, 2.45) is 0 Å². The molecule has 0 aliphatic rings. The van der Waals surface area contributed by atoms with Gasteiger partial charge in [0, 0.05) is 0 Å². The van der Waals surface area contributed by atoms with Gasteiger partial charge in [0.05, 0.1) is 12.9 Å². The summed E-state index contributed by atoms with van der Waals surface area (Å²) in [6, 6.07) is 0. The van der Waals surface area contributed by atoms with Gasteiger partial charge in [0.25, 0.3) is 10.1 Å². The van der Waals surface area contributed by atoms with Gasteiger partial charge in [-0.1, -0.05) is 31.9 Å². The Morgan fingerprint density at radius 1 is 1.14 bits per heavy atom. The van der Waals surface area contributed by atoms with E-state index in [1.165, 1.54) is 19.3 Å². The molecule has 0 spiro atoms. The van der Waals surface area contributed by atoms with Crippen molar-refractivity contribution in [3.05, 3.63) is 12.2 Å². The van der Waals surface area contributed by atoms with Crippen LogP contribution in [0.5, 0.6) is 0 Å². The van der Waals surface area contributed by atoms with Gasteiger partial charge in [0.2, 0.25) is 0 Å². The van der Waals surface area contributed by atoms with E-state index in [2.05, 4.69) is 17.2 Å². The predicted molar refractivity (Wildman–Crippen MR) is 58.7 cm³/mol. The molecule has 4 heteroatoms. The van der Waals surface area contributed by atoms with Crippen molar-refractivity contribution < 1.29 is 12.6 Å². The Morgan fingerprint density at radius 2 is 1.79 bits per heavy atom. The van der Waals surface area contributed by atoms with Gasteiger partial charge in [-0.15, -0.1) is 0 Å². The molecule has 84 valence electrons. The second-order valence-electron chi connectivity index (χ2n) is 3.28. The van der Waals surface area contributed by atoms with Crippen LogP contribution in [-0.2, 0) is 14.3 Å². The van der Waals surface area contributed by atoms with Crippen LogP contribution in [0.25, 0.3) is 0 Å². The van der Waals surface area contributed by atoms with Crippen molar-refractivity contribution in [1.29, 1.82) is 0 Å². The standard InChI is InChI=1S/C10H20O3S/c1-3-4-5-6-7-8-9-10-13-14(2,11)12/h7-8H,3-6,9-10H2,1-2H3/b8-7+. The zero-order valence-electron chi connectivity index (χ0n) is 9.03. The van der Waals surface area contributed by atoms with E-state index in [9.17, 15) is 8.42 Å². The summed E-state index contributed by atoms with van der Waals surface area (Å²) in [4.78, 5) is 0. The lowest BCUT2D eigenvalue weighted by molar-refractivity contribution is 0.328. The molecule has 0 aromatic carbocycles. The summed E-state index contributed by atoms with van der Waals surface area (Å²) in [6.07, 6.45) is 10.6. The molecule has 0 amide bonds. The highest BCUT2D eigenvalue weighted by Gasteiger charge is 1.98. The monoisotopic (exact) mass is 220 g/mol. The summed E-state index contributed by atoms with van der Waals surface area (Å²) in [6.45, 7) is 2.42. The normalized spacial score (nSPS) is 12.4. The molecule has 0 unspecified atom stereocenters. The molecule has 0 atom stereocenters. The maximum Gasteiger partial charge on any atom is 0.264 e. The molecule has 0 aromatic heterocycles. The van der Waals surface area contributed by atoms with Crippen LogP contribution in [-0.4, -0.2) is 21.3 Å². The fourth-order valence-corrected chi connectivity index (χ4v) is 1.41. The SMILES string of the molecule is CCCCC/C=C/CCOS(C)(=O)=O. The van der Waals surface area contributed by atoms with Gasteiger partial charge in [-0.2, -0.15) is 8.42 Å². The largest absolute Gasteiger partial charge is 0.270 e. The zero-order chi connectivity index (χ0) is 10.9. The van der Waals surface area contributed by atoms with E-state index in [0.29, 0.717) is 6.42 Å². The smallest absolute Gasteiger partial charge is 0.264 e. The van der Waals surface area contributed by atoms with Gasteiger partial charge in [-0.25, -0.2) is 0 Å². The average Bonchev–Trinajstić information content (AvgIpc) is 2.08. The molecule has 14 heavy (non-hydrogen) atoms. The van der Waals surface area contributed by atoms with Gasteiger partial charge in [0.15, 0.2) is 0 Å². The van der Waals surface area contributed by atoms with Crippen molar-refractivity contribution >= 4 is 10.1 Å². The molecule has 0 aliphatic heterocycles. The van der Waals surface area contributed by atoms with Crippen LogP contribution in [0.4, 0.5) is 0 Å². The van der Waals surface area contributed by atoms with Crippen LogP contribution in [0.3, 0.4) is 0 Å². The third kappa shape index (κ3) is 11.6. The predicted octanol–water partition coefficient (Wildman–Crippen LogP) is 2.49. The third-order valence-corrected chi connectivity index (χ3v) is 2.32. The summed E-state index contributed by atoms with van der Waals surface area (Å²) in [7, 11) is -3.26. The Bertz CT molecular complexity index is 242. The summed E-state index contributed by atoms with van der Waals surface area (Å²) in [5.41, 5.74) is 0. The molecule has 0 fully saturated rings. The number of hydrogen-bond acceptors (Lipinski definition) is 3. The molecule has 0 saturated heterocycles. The van der Waals surface area contributed by atoms with Gasteiger partial charge in [-0.3, -0.25) is 4.18 Å². The fourth-order valence-electron chi connectivity index (χ4n) is 1.02. The quantitative estimate of drug-likeness (QED) is 0.358. The summed E-state index contributed by atoms with van der Waals surface area (Å²) < 4.78 is 25.7. The molecule has 0 aromatic rings. The fraction of sp³-hybridized carbons (Fsp3) is 0.800. The molecule has 0 bridgehead atoms. The van der Waals surface area contributed by atoms with Crippen LogP contribution in [0.15, 0.2) is 12.2 Å². The molecule has 0 N–H and O–H groups in total. The molecule has 0 radical (unpaired) electrons. The first-order valence-corrected chi connectivity index (χ1v) is 6.87. The van der Waals surface area contributed by atoms with E-state index in [1.54, 1.807) is 0 Å². The van der Waals surface area contributed by atoms with E-state index in [4.69, 9.17) is 0 Å². The summed E-state index contributed by atoms with van der Waals surface area (Å²) >= 11 is 0. The number of hydrogen-bond donors (Lipinski definition) is 0. The first kappa shape index (κ1) is 13.7. The van der Waals surface area contributed by atoms with Gasteiger partial charge in [0.1, 0.15) is 0 Å². The van der Waals surface area contributed by atoms with E-state index < -0.39 is 10.1 Å². The second-order valence-corrected chi connectivity index (χ2v) is 4.93. The molecule has 3 nitrogen and oxygen atoms in total. The Hall–Kier alpha value is -0.350. The van der Waals surface area contributed by atoms with Crippen molar-refractivity contribution in [3.63, 3.8) is 0 Å². The highest BCUT2D eigenvalue weighted by molar-refractivity contribution is 7.85. The van der Waals surface area contributed by atoms with Crippen LogP contribution < -0.4 is 0 Å². The summed E-state index contributed by atoms with van der Waals surface area (Å²) in [5, 5.41) is 0. The average molecular weight is 220 g/mol. The minimum Gasteiger partial charge on any atom is -0.270 e. The maximum atomic E-state index is 10.6. The lowest BCUT2D eigenvalue weighted by Crippen LogP contribution is -2.02. The maximum absolute atomic E-state index is 10.6. The van der Waals surface area contributed by atoms with Crippen molar-refractivity contribution in [1.82, 2.24) is 0 Å². The number of unbranched alkanes of at least 4 members (excludes halogenated alkanes) is 3. The zero-order valence-corrected chi connectivity index (χ0v) is 9.85. The molecule has 0 aliphatic carbocycles. The van der Waals surface area contributed by atoms with E-state index in [0.717, 1.165) is 12.7 Å². The van der Waals surface area contributed by atoms with E-state index >= 15 is 0 Å². The minimum absolute atomic E-state index is 0.253. The Labute approximate surface area is 87.3 Å². The number of rotatable bonds is 8. The van der Waals surface area contributed by atoms with Crippen molar-refractivity contribution in [2.75, 3.05) is 12.9 Å². The topological polar surface area (TPSA) is 43.4 Å². The van der Waals surface area contributed by atoms with Gasteiger partial charge >= 0.3 is 0 Å². The molecule has 0 heterocycles. The second kappa shape index (κ2) is 8.00. The Balaban J connectivity index is 3.28. The molecule has 0 rings (SSSR count). The minimum atomic E-state index is -3.26. The van der Waals surface area contributed by atoms with Crippen molar-refractivity contribution in [3.8, 4) is 0 Å². The first-order chi connectivity index (χ1) is 6.56. The molecule has 0 saturated carbocycles. The van der Waals surface area contributed by atoms with Crippen LogP contribution in [0.1, 0.15) is 39.0 Å². The van der Waals surface area contributed by atoms with Crippen LogP contribution in [0.2, 0.25) is 0 Å². The Morgan fingerprint density at radius 3 is 2.36 bits per heavy atom. The van der Waals surface area contributed by atoms with E-state index in [1.807, 2.05) is 6.08 Å². The molecular weight excluding hydrogens is 200 g/mol.